The van der Waals surface area contributed by atoms with Crippen molar-refractivity contribution in [1.29, 1.82) is 0 Å². The van der Waals surface area contributed by atoms with Crippen LogP contribution in [0.1, 0.15) is 19.3 Å². The van der Waals surface area contributed by atoms with E-state index in [0.717, 1.165) is 6.08 Å². The summed E-state index contributed by atoms with van der Waals surface area (Å²) in [5.74, 6) is -4.13. The number of hydrogen-bond acceptors (Lipinski definition) is 4. The molecule has 0 aromatic rings. The van der Waals surface area contributed by atoms with Gasteiger partial charge >= 0.3 is 17.9 Å². The van der Waals surface area contributed by atoms with Crippen LogP contribution in [0, 0.1) is 11.3 Å². The normalized spacial score (nSPS) is 25.6. The van der Waals surface area contributed by atoms with Crippen molar-refractivity contribution in [3.05, 3.63) is 24.8 Å². The van der Waals surface area contributed by atoms with Crippen LogP contribution in [0.5, 0.6) is 0 Å². The van der Waals surface area contributed by atoms with Gasteiger partial charge in [0.2, 0.25) is 0 Å². The van der Waals surface area contributed by atoms with Crippen molar-refractivity contribution < 1.29 is 29.3 Å². The number of carboxylic acids is 2. The second kappa shape index (κ2) is 6.17. The molecule has 0 spiro atoms. The molecule has 0 bridgehead atoms. The number of rotatable bonds is 6. The molecule has 1 aliphatic rings. The summed E-state index contributed by atoms with van der Waals surface area (Å²) in [6.45, 7) is 3.08. The number of esters is 1. The molecule has 0 amide bonds. The van der Waals surface area contributed by atoms with E-state index in [1.165, 1.54) is 6.08 Å². The van der Waals surface area contributed by atoms with Gasteiger partial charge in [-0.05, 0) is 19.3 Å². The summed E-state index contributed by atoms with van der Waals surface area (Å²) in [4.78, 5) is 33.6. The molecule has 0 aliphatic heterocycles. The highest BCUT2D eigenvalue weighted by molar-refractivity contribution is 5.85. The van der Waals surface area contributed by atoms with Gasteiger partial charge in [-0.3, -0.25) is 9.59 Å². The lowest BCUT2D eigenvalue weighted by molar-refractivity contribution is -0.163. The first-order valence-corrected chi connectivity index (χ1v) is 5.86. The van der Waals surface area contributed by atoms with Gasteiger partial charge < -0.3 is 14.9 Å². The lowest BCUT2D eigenvalue weighted by atomic mass is 9.67. The average molecular weight is 268 g/mol. The Hall–Kier alpha value is -2.11. The zero-order valence-corrected chi connectivity index (χ0v) is 10.4. The Morgan fingerprint density at radius 1 is 1.42 bits per heavy atom. The minimum atomic E-state index is -1.43. The lowest BCUT2D eigenvalue weighted by Gasteiger charge is -2.35. The molecule has 2 unspecified atom stereocenters. The van der Waals surface area contributed by atoms with Crippen LogP contribution in [-0.4, -0.2) is 34.7 Å². The Balaban J connectivity index is 2.87. The third-order valence-electron chi connectivity index (χ3n) is 3.33. The SMILES string of the molecule is C=CC(=O)OCCC1(C(=O)O)CCC=CC1C(=O)O. The van der Waals surface area contributed by atoms with Gasteiger partial charge in [-0.1, -0.05) is 18.7 Å². The highest BCUT2D eigenvalue weighted by atomic mass is 16.5. The standard InChI is InChI=1S/C13H16O6/c1-2-10(14)19-8-7-13(12(17)18)6-4-3-5-9(13)11(15)16/h2-3,5,9H,1,4,6-8H2,(H,15,16)(H,17,18). The molecule has 0 aromatic heterocycles. The van der Waals surface area contributed by atoms with E-state index in [1.807, 2.05) is 0 Å². The largest absolute Gasteiger partial charge is 0.481 e. The zero-order chi connectivity index (χ0) is 14.5. The molecule has 0 saturated heterocycles. The number of carbonyl (C=O) groups excluding carboxylic acids is 1. The monoisotopic (exact) mass is 268 g/mol. The van der Waals surface area contributed by atoms with Crippen LogP contribution in [0.3, 0.4) is 0 Å². The zero-order valence-electron chi connectivity index (χ0n) is 10.4. The summed E-state index contributed by atoms with van der Waals surface area (Å²) in [6, 6.07) is 0. The van der Waals surface area contributed by atoms with Crippen molar-refractivity contribution in [1.82, 2.24) is 0 Å². The van der Waals surface area contributed by atoms with Gasteiger partial charge in [0.25, 0.3) is 0 Å². The van der Waals surface area contributed by atoms with Crippen LogP contribution in [0.15, 0.2) is 24.8 Å². The molecule has 2 N–H and O–H groups in total. The fraction of sp³-hybridized carbons (Fsp3) is 0.462. The van der Waals surface area contributed by atoms with Crippen molar-refractivity contribution in [2.24, 2.45) is 11.3 Å². The molecule has 0 aromatic carbocycles. The fourth-order valence-corrected chi connectivity index (χ4v) is 2.25. The Bertz CT molecular complexity index is 425. The molecular formula is C13H16O6. The van der Waals surface area contributed by atoms with Crippen molar-refractivity contribution in [3.63, 3.8) is 0 Å². The molecule has 0 fully saturated rings. The second-order valence-electron chi connectivity index (χ2n) is 4.37. The van der Waals surface area contributed by atoms with Gasteiger partial charge in [0.05, 0.1) is 17.9 Å². The van der Waals surface area contributed by atoms with E-state index in [0.29, 0.717) is 6.42 Å². The summed E-state index contributed by atoms with van der Waals surface area (Å²) in [7, 11) is 0. The van der Waals surface area contributed by atoms with Crippen LogP contribution < -0.4 is 0 Å². The van der Waals surface area contributed by atoms with E-state index in [-0.39, 0.29) is 19.4 Å². The Labute approximate surface area is 110 Å². The minimum absolute atomic E-state index is 0.0385. The number of aliphatic carboxylic acids is 2. The first-order chi connectivity index (χ1) is 8.94. The minimum Gasteiger partial charge on any atom is -0.481 e. The number of hydrogen-bond donors (Lipinski definition) is 2. The fourth-order valence-electron chi connectivity index (χ4n) is 2.25. The predicted molar refractivity (Wildman–Crippen MR) is 65.3 cm³/mol. The molecular weight excluding hydrogens is 252 g/mol. The third-order valence-corrected chi connectivity index (χ3v) is 3.33. The first-order valence-electron chi connectivity index (χ1n) is 5.86. The Morgan fingerprint density at radius 3 is 2.63 bits per heavy atom. The maximum atomic E-state index is 11.5. The Morgan fingerprint density at radius 2 is 2.11 bits per heavy atom. The molecule has 0 saturated carbocycles. The molecule has 6 heteroatoms. The van der Waals surface area contributed by atoms with Gasteiger partial charge in [-0.25, -0.2) is 4.79 Å². The molecule has 1 aliphatic carbocycles. The van der Waals surface area contributed by atoms with Crippen molar-refractivity contribution in [2.75, 3.05) is 6.61 Å². The summed E-state index contributed by atoms with van der Waals surface area (Å²) in [5.41, 5.74) is -1.43. The van der Waals surface area contributed by atoms with Gasteiger partial charge in [0.15, 0.2) is 0 Å². The molecule has 0 radical (unpaired) electrons. The van der Waals surface area contributed by atoms with E-state index < -0.39 is 29.2 Å². The van der Waals surface area contributed by atoms with E-state index in [9.17, 15) is 19.5 Å². The summed E-state index contributed by atoms with van der Waals surface area (Å²) in [6.07, 6.45) is 4.70. The van der Waals surface area contributed by atoms with Crippen LogP contribution in [0.25, 0.3) is 0 Å². The summed E-state index contributed by atoms with van der Waals surface area (Å²) in [5, 5.41) is 18.5. The molecule has 0 heterocycles. The van der Waals surface area contributed by atoms with Crippen LogP contribution in [0.2, 0.25) is 0 Å². The van der Waals surface area contributed by atoms with Crippen molar-refractivity contribution in [2.45, 2.75) is 19.3 Å². The second-order valence-corrected chi connectivity index (χ2v) is 4.37. The maximum absolute atomic E-state index is 11.5. The number of carboxylic acid groups (broad SMARTS) is 2. The number of allylic oxidation sites excluding steroid dienone is 1. The molecule has 104 valence electrons. The molecule has 6 nitrogen and oxygen atoms in total. The van der Waals surface area contributed by atoms with E-state index in [2.05, 4.69) is 6.58 Å². The number of carbonyl (C=O) groups is 3. The maximum Gasteiger partial charge on any atom is 0.330 e. The highest BCUT2D eigenvalue weighted by Crippen LogP contribution is 2.41. The molecule has 19 heavy (non-hydrogen) atoms. The van der Waals surface area contributed by atoms with Crippen molar-refractivity contribution in [3.8, 4) is 0 Å². The quantitative estimate of drug-likeness (QED) is 0.427. The molecule has 2 atom stereocenters. The molecule has 1 rings (SSSR count). The summed E-state index contributed by atoms with van der Waals surface area (Å²) < 4.78 is 4.76. The lowest BCUT2D eigenvalue weighted by Crippen LogP contribution is -2.44. The van der Waals surface area contributed by atoms with Crippen molar-refractivity contribution >= 4 is 17.9 Å². The highest BCUT2D eigenvalue weighted by Gasteiger charge is 2.49. The van der Waals surface area contributed by atoms with Crippen LogP contribution in [-0.2, 0) is 19.1 Å². The topological polar surface area (TPSA) is 101 Å². The smallest absolute Gasteiger partial charge is 0.330 e. The third kappa shape index (κ3) is 3.21. The predicted octanol–water partition coefficient (Wildman–Crippen LogP) is 1.23. The van der Waals surface area contributed by atoms with Crippen LogP contribution >= 0.6 is 0 Å². The van der Waals surface area contributed by atoms with Crippen LogP contribution in [0.4, 0.5) is 0 Å². The Kier molecular flexibility index (Phi) is 4.86. The summed E-state index contributed by atoms with van der Waals surface area (Å²) >= 11 is 0. The number of ether oxygens (including phenoxy) is 1. The van der Waals surface area contributed by atoms with Gasteiger partial charge in [-0.2, -0.15) is 0 Å². The first kappa shape index (κ1) is 14.9. The van der Waals surface area contributed by atoms with E-state index >= 15 is 0 Å². The van der Waals surface area contributed by atoms with Gasteiger partial charge in [0, 0.05) is 6.08 Å². The van der Waals surface area contributed by atoms with Gasteiger partial charge in [-0.15, -0.1) is 0 Å². The van der Waals surface area contributed by atoms with Gasteiger partial charge in [0.1, 0.15) is 0 Å². The van der Waals surface area contributed by atoms with E-state index in [1.54, 1.807) is 6.08 Å². The van der Waals surface area contributed by atoms with E-state index in [4.69, 9.17) is 9.84 Å². The average Bonchev–Trinajstić information content (AvgIpc) is 2.38.